The second-order valence-corrected chi connectivity index (χ2v) is 4.94. The van der Waals surface area contributed by atoms with E-state index >= 15 is 0 Å². The van der Waals surface area contributed by atoms with Crippen LogP contribution in [-0.2, 0) is 11.2 Å². The SMILES string of the molecule is CC(F)(F)C(=O)Cc1ccsc1Br. The summed E-state index contributed by atoms with van der Waals surface area (Å²) in [5, 5.41) is 1.75. The van der Waals surface area contributed by atoms with Gasteiger partial charge >= 0.3 is 5.92 Å². The molecule has 0 saturated heterocycles. The van der Waals surface area contributed by atoms with E-state index in [1.807, 2.05) is 0 Å². The summed E-state index contributed by atoms with van der Waals surface area (Å²) in [6.07, 6.45) is -0.215. The smallest absolute Gasteiger partial charge is 0.293 e. The van der Waals surface area contributed by atoms with Gasteiger partial charge in [0.15, 0.2) is 0 Å². The average molecular weight is 269 g/mol. The molecule has 1 aromatic heterocycles. The van der Waals surface area contributed by atoms with E-state index in [0.29, 0.717) is 12.5 Å². The molecule has 0 aliphatic rings. The topological polar surface area (TPSA) is 17.1 Å². The predicted octanol–water partition coefficient (Wildman–Crippen LogP) is 3.28. The van der Waals surface area contributed by atoms with Crippen LogP contribution in [0.3, 0.4) is 0 Å². The lowest BCUT2D eigenvalue weighted by Gasteiger charge is -2.07. The Labute approximate surface area is 86.9 Å². The van der Waals surface area contributed by atoms with E-state index in [0.717, 1.165) is 3.79 Å². The third-order valence-electron chi connectivity index (χ3n) is 1.53. The van der Waals surface area contributed by atoms with E-state index in [9.17, 15) is 13.6 Å². The summed E-state index contributed by atoms with van der Waals surface area (Å²) in [6.45, 7) is 0.621. The second kappa shape index (κ2) is 3.84. The highest BCUT2D eigenvalue weighted by Crippen LogP contribution is 2.26. The summed E-state index contributed by atoms with van der Waals surface area (Å²) in [5.74, 6) is -4.28. The first kappa shape index (κ1) is 10.8. The number of hydrogen-bond acceptors (Lipinski definition) is 2. The van der Waals surface area contributed by atoms with Crippen LogP contribution < -0.4 is 0 Å². The van der Waals surface area contributed by atoms with Crippen LogP contribution >= 0.6 is 27.3 Å². The van der Waals surface area contributed by atoms with Crippen LogP contribution in [0.5, 0.6) is 0 Å². The van der Waals surface area contributed by atoms with E-state index in [-0.39, 0.29) is 6.42 Å². The number of carbonyl (C=O) groups is 1. The first-order valence-corrected chi connectivity index (χ1v) is 5.21. The van der Waals surface area contributed by atoms with Gasteiger partial charge in [-0.1, -0.05) is 0 Å². The molecule has 0 unspecified atom stereocenters. The second-order valence-electron chi connectivity index (χ2n) is 2.71. The standard InChI is InChI=1S/C8H7BrF2OS/c1-8(10,11)6(12)4-5-2-3-13-7(5)9/h2-3H,4H2,1H3. The highest BCUT2D eigenvalue weighted by molar-refractivity contribution is 9.11. The lowest BCUT2D eigenvalue weighted by Crippen LogP contribution is -2.25. The monoisotopic (exact) mass is 268 g/mol. The fourth-order valence-corrected chi connectivity index (χ4v) is 2.01. The van der Waals surface area contributed by atoms with Gasteiger partial charge in [-0.3, -0.25) is 4.79 Å². The van der Waals surface area contributed by atoms with E-state index in [1.165, 1.54) is 11.3 Å². The molecule has 0 amide bonds. The fourth-order valence-electron chi connectivity index (χ4n) is 0.774. The minimum atomic E-state index is -3.23. The van der Waals surface area contributed by atoms with Crippen LogP contribution in [-0.4, -0.2) is 11.7 Å². The van der Waals surface area contributed by atoms with Gasteiger partial charge in [0.25, 0.3) is 0 Å². The van der Waals surface area contributed by atoms with E-state index in [1.54, 1.807) is 11.4 Å². The lowest BCUT2D eigenvalue weighted by molar-refractivity contribution is -0.139. The predicted molar refractivity (Wildman–Crippen MR) is 51.4 cm³/mol. The molecular weight excluding hydrogens is 262 g/mol. The van der Waals surface area contributed by atoms with Gasteiger partial charge in [-0.05, 0) is 32.9 Å². The van der Waals surface area contributed by atoms with Crippen molar-refractivity contribution in [3.63, 3.8) is 0 Å². The molecule has 0 aliphatic heterocycles. The molecule has 1 nitrogen and oxygen atoms in total. The Balaban J connectivity index is 2.71. The first-order chi connectivity index (χ1) is 5.91. The molecule has 13 heavy (non-hydrogen) atoms. The zero-order chi connectivity index (χ0) is 10.1. The van der Waals surface area contributed by atoms with Gasteiger partial charge in [0.05, 0.1) is 3.79 Å². The van der Waals surface area contributed by atoms with E-state index in [2.05, 4.69) is 15.9 Å². The largest absolute Gasteiger partial charge is 0.302 e. The summed E-state index contributed by atoms with van der Waals surface area (Å²) in [6, 6.07) is 1.67. The Morgan fingerprint density at radius 1 is 1.69 bits per heavy atom. The lowest BCUT2D eigenvalue weighted by atomic mass is 10.1. The Morgan fingerprint density at radius 3 is 2.69 bits per heavy atom. The average Bonchev–Trinajstić information content (AvgIpc) is 2.34. The number of halogens is 3. The normalized spacial score (nSPS) is 11.7. The molecule has 5 heteroatoms. The molecule has 0 radical (unpaired) electrons. The maximum atomic E-state index is 12.5. The zero-order valence-electron chi connectivity index (χ0n) is 6.81. The van der Waals surface area contributed by atoms with Crippen LogP contribution in [0, 0.1) is 0 Å². The van der Waals surface area contributed by atoms with Crippen molar-refractivity contribution in [1.29, 1.82) is 0 Å². The molecule has 0 saturated carbocycles. The number of hydrogen-bond donors (Lipinski definition) is 0. The number of rotatable bonds is 3. The first-order valence-electron chi connectivity index (χ1n) is 3.54. The van der Waals surface area contributed by atoms with Gasteiger partial charge in [-0.15, -0.1) is 11.3 Å². The van der Waals surface area contributed by atoms with Gasteiger partial charge in [0, 0.05) is 13.3 Å². The summed E-state index contributed by atoms with van der Waals surface area (Å²) in [7, 11) is 0. The van der Waals surface area contributed by atoms with Crippen molar-refractivity contribution in [2.24, 2.45) is 0 Å². The van der Waals surface area contributed by atoms with Crippen molar-refractivity contribution in [3.8, 4) is 0 Å². The molecule has 0 aliphatic carbocycles. The van der Waals surface area contributed by atoms with E-state index < -0.39 is 11.7 Å². The minimum Gasteiger partial charge on any atom is -0.293 e. The third-order valence-corrected chi connectivity index (χ3v) is 3.35. The van der Waals surface area contributed by atoms with Crippen LogP contribution in [0.15, 0.2) is 15.2 Å². The van der Waals surface area contributed by atoms with Gasteiger partial charge in [0.1, 0.15) is 0 Å². The molecule has 1 aromatic rings. The van der Waals surface area contributed by atoms with Gasteiger partial charge in [0.2, 0.25) is 5.78 Å². The zero-order valence-corrected chi connectivity index (χ0v) is 9.21. The quantitative estimate of drug-likeness (QED) is 0.823. The van der Waals surface area contributed by atoms with Crippen molar-refractivity contribution in [3.05, 3.63) is 20.8 Å². The molecule has 0 aromatic carbocycles. The molecular formula is C8H7BrF2OS. The van der Waals surface area contributed by atoms with Crippen molar-refractivity contribution in [1.82, 2.24) is 0 Å². The van der Waals surface area contributed by atoms with Crippen LogP contribution in [0.1, 0.15) is 12.5 Å². The molecule has 0 atom stereocenters. The Hall–Kier alpha value is -0.290. The molecule has 1 rings (SSSR count). The number of ketones is 1. The van der Waals surface area contributed by atoms with Crippen LogP contribution in [0.4, 0.5) is 8.78 Å². The van der Waals surface area contributed by atoms with Crippen molar-refractivity contribution >= 4 is 33.0 Å². The summed E-state index contributed by atoms with van der Waals surface area (Å²) < 4.78 is 25.7. The molecule has 0 N–H and O–H groups in total. The molecule has 72 valence electrons. The number of thiophene rings is 1. The number of Topliss-reactive ketones (excluding diaryl/α,β-unsaturated/α-hetero) is 1. The summed E-state index contributed by atoms with van der Waals surface area (Å²) >= 11 is 4.56. The van der Waals surface area contributed by atoms with Crippen molar-refractivity contribution in [2.45, 2.75) is 19.3 Å². The Kier molecular flexibility index (Phi) is 3.18. The highest BCUT2D eigenvalue weighted by atomic mass is 79.9. The third kappa shape index (κ3) is 2.84. The van der Waals surface area contributed by atoms with Crippen LogP contribution in [0.25, 0.3) is 0 Å². The maximum Gasteiger partial charge on any atom is 0.302 e. The highest BCUT2D eigenvalue weighted by Gasteiger charge is 2.31. The molecule has 1 heterocycles. The maximum absolute atomic E-state index is 12.5. The number of alkyl halides is 2. The number of carbonyl (C=O) groups excluding carboxylic acids is 1. The van der Waals surface area contributed by atoms with Gasteiger partial charge < -0.3 is 0 Å². The van der Waals surface area contributed by atoms with E-state index in [4.69, 9.17) is 0 Å². The fraction of sp³-hybridized carbons (Fsp3) is 0.375. The molecule has 0 bridgehead atoms. The molecule has 0 fully saturated rings. The Morgan fingerprint density at radius 2 is 2.31 bits per heavy atom. The summed E-state index contributed by atoms with van der Waals surface area (Å²) in [4.78, 5) is 10.9. The molecule has 0 spiro atoms. The Bertz CT molecular complexity index is 316. The van der Waals surface area contributed by atoms with Crippen LogP contribution in [0.2, 0.25) is 0 Å². The minimum absolute atomic E-state index is 0.215. The van der Waals surface area contributed by atoms with Gasteiger partial charge in [-0.25, -0.2) is 0 Å². The van der Waals surface area contributed by atoms with Crippen molar-refractivity contribution in [2.75, 3.05) is 0 Å². The summed E-state index contributed by atoms with van der Waals surface area (Å²) in [5.41, 5.74) is 0.622. The van der Waals surface area contributed by atoms with Gasteiger partial charge in [-0.2, -0.15) is 8.78 Å². The van der Waals surface area contributed by atoms with Crippen molar-refractivity contribution < 1.29 is 13.6 Å².